The first-order valence-corrected chi connectivity index (χ1v) is 8.04. The highest BCUT2D eigenvalue weighted by molar-refractivity contribution is 6.74. The lowest BCUT2D eigenvalue weighted by Crippen LogP contribution is -2.40. The fourth-order valence-corrected chi connectivity index (χ4v) is 1.85. The molecule has 0 spiro atoms. The minimum absolute atomic E-state index is 0.121. The van der Waals surface area contributed by atoms with Gasteiger partial charge in [0.15, 0.2) is 8.32 Å². The van der Waals surface area contributed by atoms with Gasteiger partial charge in [0.25, 0.3) is 0 Å². The van der Waals surface area contributed by atoms with E-state index in [-0.39, 0.29) is 10.9 Å². The monoisotopic (exact) mass is 218 g/mol. The van der Waals surface area contributed by atoms with Crippen molar-refractivity contribution in [1.82, 2.24) is 0 Å². The van der Waals surface area contributed by atoms with Crippen molar-refractivity contribution in [3.63, 3.8) is 0 Å². The van der Waals surface area contributed by atoms with Gasteiger partial charge >= 0.3 is 0 Å². The molecule has 0 saturated heterocycles. The van der Waals surface area contributed by atoms with Gasteiger partial charge in [-0.2, -0.15) is 0 Å². The molecule has 0 rings (SSSR count). The fourth-order valence-electron chi connectivity index (χ4n) is 0.788. The molecule has 0 N–H and O–H groups in total. The Bertz CT molecular complexity index is 200. The first-order chi connectivity index (χ1) is 6.17. The minimum Gasteiger partial charge on any atom is -0.417 e. The zero-order valence-corrected chi connectivity index (χ0v) is 11.3. The van der Waals surface area contributed by atoms with Crippen molar-refractivity contribution in [2.45, 2.75) is 52.2 Å². The van der Waals surface area contributed by atoms with E-state index in [4.69, 9.17) is 4.43 Å². The maximum Gasteiger partial charge on any atom is 0.191 e. The van der Waals surface area contributed by atoms with Crippen LogP contribution in [0.4, 0.5) is 4.39 Å². The first kappa shape index (κ1) is 13.8. The molecule has 0 aliphatic carbocycles. The van der Waals surface area contributed by atoms with Crippen molar-refractivity contribution in [2.24, 2.45) is 0 Å². The number of rotatable bonds is 4. The Balaban J connectivity index is 3.95. The molecule has 0 aromatic heterocycles. The summed E-state index contributed by atoms with van der Waals surface area (Å²) < 4.78 is 18.2. The van der Waals surface area contributed by atoms with E-state index in [1.165, 1.54) is 6.92 Å². The maximum atomic E-state index is 12.4. The summed E-state index contributed by atoms with van der Waals surface area (Å²) in [5.41, 5.74) is 0. The Morgan fingerprint density at radius 3 is 2.21 bits per heavy atom. The van der Waals surface area contributed by atoms with Gasteiger partial charge in [-0.1, -0.05) is 26.8 Å². The molecule has 0 radical (unpaired) electrons. The summed E-state index contributed by atoms with van der Waals surface area (Å²) in [6, 6.07) is 0. The van der Waals surface area contributed by atoms with E-state index in [9.17, 15) is 4.39 Å². The molecular weight excluding hydrogens is 195 g/mol. The molecule has 84 valence electrons. The lowest BCUT2D eigenvalue weighted by molar-refractivity contribution is 0.293. The third kappa shape index (κ3) is 4.91. The highest BCUT2D eigenvalue weighted by Gasteiger charge is 2.36. The van der Waals surface area contributed by atoms with Crippen molar-refractivity contribution in [1.29, 1.82) is 0 Å². The number of hydrogen-bond acceptors (Lipinski definition) is 1. The van der Waals surface area contributed by atoms with Gasteiger partial charge in [0.2, 0.25) is 0 Å². The molecule has 0 aliphatic rings. The fraction of sp³-hybridized carbons (Fsp3) is 0.818. The molecule has 0 aromatic carbocycles. The summed E-state index contributed by atoms with van der Waals surface area (Å²) in [5.74, 6) is -0.121. The van der Waals surface area contributed by atoms with Gasteiger partial charge in [0.05, 0.1) is 5.83 Å². The minimum atomic E-state index is -1.63. The molecule has 0 amide bonds. The molecule has 3 heteroatoms. The Hall–Kier alpha value is -0.153. The van der Waals surface area contributed by atoms with Crippen molar-refractivity contribution in [2.75, 3.05) is 6.61 Å². The largest absolute Gasteiger partial charge is 0.417 e. The number of halogens is 1. The van der Waals surface area contributed by atoms with Gasteiger partial charge in [0.1, 0.15) is 0 Å². The summed E-state index contributed by atoms with van der Waals surface area (Å²) >= 11 is 0. The van der Waals surface area contributed by atoms with Crippen molar-refractivity contribution in [3.05, 3.63) is 11.9 Å². The third-order valence-corrected chi connectivity index (χ3v) is 7.35. The van der Waals surface area contributed by atoms with Crippen LogP contribution in [0.5, 0.6) is 0 Å². The van der Waals surface area contributed by atoms with Gasteiger partial charge in [0, 0.05) is 6.61 Å². The molecule has 0 unspecified atom stereocenters. The van der Waals surface area contributed by atoms with Crippen LogP contribution in [-0.2, 0) is 4.43 Å². The molecule has 0 aliphatic heterocycles. The average Bonchev–Trinajstić information content (AvgIpc) is 1.95. The van der Waals surface area contributed by atoms with E-state index >= 15 is 0 Å². The first-order valence-electron chi connectivity index (χ1n) is 5.13. The van der Waals surface area contributed by atoms with Crippen LogP contribution in [0.3, 0.4) is 0 Å². The average molecular weight is 218 g/mol. The summed E-state index contributed by atoms with van der Waals surface area (Å²) in [4.78, 5) is 0. The van der Waals surface area contributed by atoms with Crippen molar-refractivity contribution in [3.8, 4) is 0 Å². The van der Waals surface area contributed by atoms with Crippen LogP contribution in [0.2, 0.25) is 18.1 Å². The van der Waals surface area contributed by atoms with Crippen LogP contribution >= 0.6 is 0 Å². The van der Waals surface area contributed by atoms with Gasteiger partial charge in [-0.05, 0) is 31.5 Å². The molecular formula is C11H23FOSi. The maximum absolute atomic E-state index is 12.4. The van der Waals surface area contributed by atoms with Crippen LogP contribution in [0, 0.1) is 0 Å². The SMILES string of the molecule is C/C(F)=C\CCO[Si](C)(C)C(C)(C)C. The molecule has 1 nitrogen and oxygen atoms in total. The van der Waals surface area contributed by atoms with E-state index in [2.05, 4.69) is 33.9 Å². The topological polar surface area (TPSA) is 9.23 Å². The highest BCUT2D eigenvalue weighted by atomic mass is 28.4. The summed E-state index contributed by atoms with van der Waals surface area (Å²) in [6.45, 7) is 13.1. The molecule has 0 fully saturated rings. The van der Waals surface area contributed by atoms with E-state index in [0.717, 1.165) is 0 Å². The summed E-state index contributed by atoms with van der Waals surface area (Å²) in [6.07, 6.45) is 2.25. The van der Waals surface area contributed by atoms with Crippen LogP contribution < -0.4 is 0 Å². The Morgan fingerprint density at radius 1 is 1.36 bits per heavy atom. The number of allylic oxidation sites excluding steroid dienone is 1. The highest BCUT2D eigenvalue weighted by Crippen LogP contribution is 2.36. The molecule has 14 heavy (non-hydrogen) atoms. The van der Waals surface area contributed by atoms with E-state index in [1.807, 2.05) is 0 Å². The molecule has 0 aromatic rings. The molecule has 0 atom stereocenters. The van der Waals surface area contributed by atoms with Crippen molar-refractivity contribution >= 4 is 8.32 Å². The van der Waals surface area contributed by atoms with Gasteiger partial charge < -0.3 is 4.43 Å². The van der Waals surface area contributed by atoms with Gasteiger partial charge in [-0.3, -0.25) is 0 Å². The Labute approximate surface area is 88.5 Å². The predicted molar refractivity (Wildman–Crippen MR) is 62.6 cm³/mol. The van der Waals surface area contributed by atoms with E-state index in [0.29, 0.717) is 13.0 Å². The van der Waals surface area contributed by atoms with Gasteiger partial charge in [-0.15, -0.1) is 0 Å². The Kier molecular flexibility index (Phi) is 5.02. The second-order valence-electron chi connectivity index (χ2n) is 5.19. The second kappa shape index (κ2) is 5.08. The normalized spacial score (nSPS) is 14.6. The summed E-state index contributed by atoms with van der Waals surface area (Å²) in [5, 5.41) is 0.238. The summed E-state index contributed by atoms with van der Waals surface area (Å²) in [7, 11) is -1.63. The lowest BCUT2D eigenvalue weighted by Gasteiger charge is -2.36. The standard InChI is InChI=1S/C11H23FOSi/c1-10(12)8-7-9-13-14(5,6)11(2,3)4/h8H,7,9H2,1-6H3/b10-8+. The zero-order valence-electron chi connectivity index (χ0n) is 10.3. The quantitative estimate of drug-likeness (QED) is 0.506. The lowest BCUT2D eigenvalue weighted by atomic mass is 10.2. The second-order valence-corrected chi connectivity index (χ2v) is 10.00. The molecule has 0 bridgehead atoms. The van der Waals surface area contributed by atoms with Crippen LogP contribution in [0.25, 0.3) is 0 Å². The predicted octanol–water partition coefficient (Wildman–Crippen LogP) is 4.27. The molecule has 0 heterocycles. The van der Waals surface area contributed by atoms with Gasteiger partial charge in [-0.25, -0.2) is 4.39 Å². The smallest absolute Gasteiger partial charge is 0.191 e. The third-order valence-electron chi connectivity index (χ3n) is 2.81. The van der Waals surface area contributed by atoms with Crippen LogP contribution in [-0.4, -0.2) is 14.9 Å². The van der Waals surface area contributed by atoms with E-state index < -0.39 is 8.32 Å². The van der Waals surface area contributed by atoms with Crippen LogP contribution in [0.15, 0.2) is 11.9 Å². The number of hydrogen-bond donors (Lipinski definition) is 0. The van der Waals surface area contributed by atoms with Crippen LogP contribution in [0.1, 0.15) is 34.1 Å². The molecule has 0 saturated carbocycles. The van der Waals surface area contributed by atoms with Crippen molar-refractivity contribution < 1.29 is 8.82 Å². The van der Waals surface area contributed by atoms with E-state index in [1.54, 1.807) is 6.08 Å². The zero-order chi connectivity index (χ0) is 11.4. The Morgan fingerprint density at radius 2 is 1.86 bits per heavy atom.